The number of nitrogens with one attached hydrogen (secondary N) is 1. The third-order valence-electron chi connectivity index (χ3n) is 8.23. The van der Waals surface area contributed by atoms with E-state index in [1.54, 1.807) is 12.0 Å². The van der Waals surface area contributed by atoms with Crippen LogP contribution in [-0.2, 0) is 27.4 Å². The van der Waals surface area contributed by atoms with E-state index in [0.717, 1.165) is 29.5 Å². The van der Waals surface area contributed by atoms with E-state index in [9.17, 15) is 9.59 Å². The summed E-state index contributed by atoms with van der Waals surface area (Å²) in [6, 6.07) is 21.4. The van der Waals surface area contributed by atoms with Gasteiger partial charge < -0.3 is 33.7 Å². The summed E-state index contributed by atoms with van der Waals surface area (Å²) in [5.74, 6) is 1.62. The number of hydrogen-bond donors (Lipinski definition) is 1. The summed E-state index contributed by atoms with van der Waals surface area (Å²) >= 11 is 0. The van der Waals surface area contributed by atoms with Crippen LogP contribution in [0.25, 0.3) is 11.1 Å². The van der Waals surface area contributed by atoms with Crippen molar-refractivity contribution in [3.63, 3.8) is 0 Å². The molecular formula is C33H34N4O6. The lowest BCUT2D eigenvalue weighted by molar-refractivity contribution is -0.137. The van der Waals surface area contributed by atoms with E-state index < -0.39 is 0 Å². The van der Waals surface area contributed by atoms with Crippen LogP contribution in [0.3, 0.4) is 0 Å². The maximum absolute atomic E-state index is 13.4. The second-order valence-electron chi connectivity index (χ2n) is 11.4. The number of benzene rings is 3. The second-order valence-corrected chi connectivity index (χ2v) is 11.4. The molecule has 10 heteroatoms. The number of aromatic nitrogens is 1. The smallest absolute Gasteiger partial charge is 0.298 e. The van der Waals surface area contributed by atoms with Crippen LogP contribution in [0.5, 0.6) is 17.2 Å². The highest BCUT2D eigenvalue weighted by atomic mass is 16.5. The minimum atomic E-state index is -0.331. The fourth-order valence-electron chi connectivity index (χ4n) is 5.82. The molecule has 4 aromatic rings. The standard InChI is InChI=1S/C33H34N4O6/c1-40-29-16-21-9-13-28(29)42-24-6-4-5-22(15-24)20-41-30-18-36(33-35-25-7-2-3-8-27(25)43-33)17-26(30)34-31(38)19-37(23-11-12-23)32(39)14-10-21/h2-9,13,15-16,23,26,30H,10-12,14,17-20H2,1H3,(H,34,38)/t26-,30-/m0/s1. The Hall–Kier alpha value is -4.57. The zero-order valence-electron chi connectivity index (χ0n) is 24.0. The van der Waals surface area contributed by atoms with Gasteiger partial charge in [-0.3, -0.25) is 9.59 Å². The largest absolute Gasteiger partial charge is 0.493 e. The number of nitrogens with zero attached hydrogens (tertiary/aromatic N) is 3. The van der Waals surface area contributed by atoms with Crippen molar-refractivity contribution in [3.8, 4) is 17.2 Å². The molecule has 10 nitrogen and oxygen atoms in total. The van der Waals surface area contributed by atoms with E-state index in [0.29, 0.717) is 61.4 Å². The van der Waals surface area contributed by atoms with Gasteiger partial charge in [-0.15, -0.1) is 0 Å². The molecule has 4 aliphatic rings. The van der Waals surface area contributed by atoms with Crippen LogP contribution in [0.4, 0.5) is 6.01 Å². The molecule has 4 heterocycles. The first-order valence-electron chi connectivity index (χ1n) is 14.8. The molecule has 222 valence electrons. The zero-order valence-corrected chi connectivity index (χ0v) is 24.0. The van der Waals surface area contributed by atoms with Crippen LogP contribution in [0.2, 0.25) is 0 Å². The van der Waals surface area contributed by atoms with E-state index in [1.165, 1.54) is 0 Å². The average Bonchev–Trinajstić information content (AvgIpc) is 3.64. The lowest BCUT2D eigenvalue weighted by Crippen LogP contribution is -2.49. The van der Waals surface area contributed by atoms with Gasteiger partial charge in [-0.2, -0.15) is 4.98 Å². The number of hydrogen-bond acceptors (Lipinski definition) is 8. The van der Waals surface area contributed by atoms with Crippen molar-refractivity contribution in [3.05, 3.63) is 77.9 Å². The molecule has 2 atom stereocenters. The van der Waals surface area contributed by atoms with E-state index in [-0.39, 0.29) is 36.5 Å². The summed E-state index contributed by atoms with van der Waals surface area (Å²) in [5, 5.41) is 3.17. The highest BCUT2D eigenvalue weighted by Gasteiger charge is 2.39. The molecule has 4 bridgehead atoms. The Kier molecular flexibility index (Phi) is 7.36. The number of oxazole rings is 1. The van der Waals surface area contributed by atoms with Crippen molar-refractivity contribution in [2.24, 2.45) is 0 Å². The third kappa shape index (κ3) is 6.01. The third-order valence-corrected chi connectivity index (χ3v) is 8.23. The molecule has 0 radical (unpaired) electrons. The van der Waals surface area contributed by atoms with Gasteiger partial charge >= 0.3 is 0 Å². The molecule has 2 amide bonds. The van der Waals surface area contributed by atoms with Crippen LogP contribution >= 0.6 is 0 Å². The summed E-state index contributed by atoms with van der Waals surface area (Å²) in [5.41, 5.74) is 3.38. The predicted octanol–water partition coefficient (Wildman–Crippen LogP) is 4.46. The number of amides is 2. The SMILES string of the molecule is COc1cc2ccc1Oc1cccc(c1)CO[C@H]1CN(c3nc4ccccc4o3)C[C@@H]1NC(=O)CN(C1CC1)C(=O)CC2. The van der Waals surface area contributed by atoms with Gasteiger partial charge in [0, 0.05) is 19.0 Å². The molecule has 43 heavy (non-hydrogen) atoms. The van der Waals surface area contributed by atoms with Gasteiger partial charge in [-0.25, -0.2) is 0 Å². The van der Waals surface area contributed by atoms with Crippen molar-refractivity contribution >= 4 is 28.9 Å². The number of methoxy groups -OCH3 is 1. The normalized spacial score (nSPS) is 21.5. The summed E-state index contributed by atoms with van der Waals surface area (Å²) in [6.45, 7) is 1.30. The molecule has 1 aliphatic carbocycles. The number of anilines is 1. The van der Waals surface area contributed by atoms with Crippen molar-refractivity contribution in [2.45, 2.75) is 50.5 Å². The fourth-order valence-corrected chi connectivity index (χ4v) is 5.82. The van der Waals surface area contributed by atoms with Crippen molar-refractivity contribution < 1.29 is 28.2 Å². The van der Waals surface area contributed by atoms with Gasteiger partial charge in [0.15, 0.2) is 17.1 Å². The second kappa shape index (κ2) is 11.6. The molecule has 1 N–H and O–H groups in total. The van der Waals surface area contributed by atoms with Gasteiger partial charge in [0.25, 0.3) is 6.01 Å². The summed E-state index contributed by atoms with van der Waals surface area (Å²) in [4.78, 5) is 35.1. The lowest BCUT2D eigenvalue weighted by Gasteiger charge is -2.25. The number of carbonyl (C=O) groups is 2. The molecule has 1 saturated heterocycles. The Morgan fingerprint density at radius 1 is 0.953 bits per heavy atom. The molecule has 1 saturated carbocycles. The van der Waals surface area contributed by atoms with Crippen LogP contribution in [0, 0.1) is 0 Å². The van der Waals surface area contributed by atoms with Crippen molar-refractivity contribution in [1.29, 1.82) is 0 Å². The molecular weight excluding hydrogens is 548 g/mol. The van der Waals surface area contributed by atoms with Crippen molar-refractivity contribution in [2.75, 3.05) is 31.6 Å². The maximum Gasteiger partial charge on any atom is 0.298 e. The monoisotopic (exact) mass is 582 g/mol. The Labute approximate surface area is 249 Å². The van der Waals surface area contributed by atoms with Crippen LogP contribution in [0.1, 0.15) is 30.4 Å². The first kappa shape index (κ1) is 27.3. The quantitative estimate of drug-likeness (QED) is 0.378. The lowest BCUT2D eigenvalue weighted by atomic mass is 10.1. The molecule has 1 aromatic heterocycles. The van der Waals surface area contributed by atoms with E-state index >= 15 is 0 Å². The van der Waals surface area contributed by atoms with Crippen LogP contribution in [-0.4, -0.2) is 66.6 Å². The van der Waals surface area contributed by atoms with E-state index in [4.69, 9.17) is 18.6 Å². The molecule has 0 unspecified atom stereocenters. The van der Waals surface area contributed by atoms with Gasteiger partial charge in [0.2, 0.25) is 11.8 Å². The predicted molar refractivity (Wildman–Crippen MR) is 159 cm³/mol. The maximum atomic E-state index is 13.4. The van der Waals surface area contributed by atoms with Crippen LogP contribution in [0.15, 0.2) is 71.1 Å². The number of fused-ring (bicyclic) bond motifs is 10. The number of ether oxygens (including phenoxy) is 3. The molecule has 0 spiro atoms. The first-order valence-corrected chi connectivity index (χ1v) is 14.8. The van der Waals surface area contributed by atoms with Gasteiger partial charge in [0.05, 0.1) is 39.0 Å². The molecule has 3 aliphatic heterocycles. The van der Waals surface area contributed by atoms with Gasteiger partial charge in [-0.1, -0.05) is 30.3 Å². The first-order chi connectivity index (χ1) is 21.0. The highest BCUT2D eigenvalue weighted by molar-refractivity contribution is 5.85. The Balaban J connectivity index is 1.17. The molecule has 8 rings (SSSR count). The number of para-hydroxylation sites is 2. The minimum Gasteiger partial charge on any atom is -0.493 e. The van der Waals surface area contributed by atoms with Crippen LogP contribution < -0.4 is 19.7 Å². The summed E-state index contributed by atoms with van der Waals surface area (Å²) in [6.07, 6.45) is 2.34. The van der Waals surface area contributed by atoms with E-state index in [2.05, 4.69) is 10.3 Å². The molecule has 3 aromatic carbocycles. The zero-order chi connectivity index (χ0) is 29.3. The Bertz CT molecular complexity index is 1620. The highest BCUT2D eigenvalue weighted by Crippen LogP contribution is 2.34. The van der Waals surface area contributed by atoms with Gasteiger partial charge in [-0.05, 0) is 66.8 Å². The Morgan fingerprint density at radius 3 is 2.67 bits per heavy atom. The number of aryl methyl sites for hydroxylation is 1. The minimum absolute atomic E-state index is 0.0216. The summed E-state index contributed by atoms with van der Waals surface area (Å²) < 4.78 is 24.3. The number of carbonyl (C=O) groups excluding carboxylic acids is 2. The fraction of sp³-hybridized carbons (Fsp3) is 0.364. The molecule has 2 fully saturated rings. The topological polar surface area (TPSA) is 106 Å². The summed E-state index contributed by atoms with van der Waals surface area (Å²) in [7, 11) is 1.60. The van der Waals surface area contributed by atoms with E-state index in [1.807, 2.05) is 71.6 Å². The van der Waals surface area contributed by atoms with Crippen molar-refractivity contribution in [1.82, 2.24) is 15.2 Å². The Morgan fingerprint density at radius 2 is 1.84 bits per heavy atom. The van der Waals surface area contributed by atoms with Gasteiger partial charge in [0.1, 0.15) is 11.3 Å². The average molecular weight is 583 g/mol. The number of rotatable bonds is 3.